The Bertz CT molecular complexity index is 630. The van der Waals surface area contributed by atoms with Crippen molar-refractivity contribution in [3.05, 3.63) is 59.7 Å². The minimum Gasteiger partial charge on any atom is -0.385 e. The molecule has 2 N–H and O–H groups in total. The van der Waals surface area contributed by atoms with Gasteiger partial charge in [0.05, 0.1) is 25.4 Å². The molecule has 2 saturated heterocycles. The number of ether oxygens (including phenoxy) is 2. The average molecular weight is 367 g/mol. The molecular weight excluding hydrogens is 336 g/mol. The van der Waals surface area contributed by atoms with Gasteiger partial charge in [-0.05, 0) is 67.5 Å². The molecule has 2 heterocycles. The predicted molar refractivity (Wildman–Crippen MR) is 111 cm³/mol. The van der Waals surface area contributed by atoms with Gasteiger partial charge in [0.25, 0.3) is 0 Å². The molecule has 0 radical (unpaired) electrons. The molecular formula is C23H30N2O2. The molecule has 0 amide bonds. The summed E-state index contributed by atoms with van der Waals surface area (Å²) >= 11 is 0. The molecule has 2 aliphatic heterocycles. The summed E-state index contributed by atoms with van der Waals surface area (Å²) in [5.41, 5.74) is 5.09. The molecule has 4 rings (SSSR count). The summed E-state index contributed by atoms with van der Waals surface area (Å²) in [6.45, 7) is 3.95. The molecule has 0 bridgehead atoms. The van der Waals surface area contributed by atoms with Gasteiger partial charge in [0.2, 0.25) is 0 Å². The topological polar surface area (TPSA) is 49.1 Å². The Morgan fingerprint density at radius 1 is 0.667 bits per heavy atom. The smallest absolute Gasteiger partial charge is 0.0810 e. The van der Waals surface area contributed by atoms with Crippen LogP contribution in [0.1, 0.15) is 36.8 Å². The molecule has 2 fully saturated rings. The lowest BCUT2D eigenvalue weighted by Crippen LogP contribution is -2.03. The average Bonchev–Trinajstić information content (AvgIpc) is 3.60. The van der Waals surface area contributed by atoms with E-state index < -0.39 is 0 Å². The molecule has 4 heteroatoms. The Morgan fingerprint density at radius 3 is 1.44 bits per heavy atom. The highest BCUT2D eigenvalue weighted by Gasteiger charge is 2.21. The predicted octanol–water partition coefficient (Wildman–Crippen LogP) is 4.46. The van der Waals surface area contributed by atoms with E-state index in [4.69, 9.17) is 9.47 Å². The van der Waals surface area contributed by atoms with Gasteiger partial charge in [-0.1, -0.05) is 24.3 Å². The lowest BCUT2D eigenvalue weighted by Gasteiger charge is -2.09. The van der Waals surface area contributed by atoms with E-state index in [0.29, 0.717) is 12.2 Å². The molecule has 0 aromatic heterocycles. The molecule has 0 saturated carbocycles. The van der Waals surface area contributed by atoms with Gasteiger partial charge in [-0.3, -0.25) is 0 Å². The van der Waals surface area contributed by atoms with E-state index in [1.165, 1.54) is 48.2 Å². The number of anilines is 2. The first-order valence-corrected chi connectivity index (χ1v) is 10.2. The van der Waals surface area contributed by atoms with Crippen molar-refractivity contribution in [2.75, 3.05) is 36.9 Å². The quantitative estimate of drug-likeness (QED) is 0.430. The van der Waals surface area contributed by atoms with Gasteiger partial charge < -0.3 is 20.1 Å². The van der Waals surface area contributed by atoms with Gasteiger partial charge in [0.15, 0.2) is 0 Å². The first-order chi connectivity index (χ1) is 13.3. The zero-order valence-electron chi connectivity index (χ0n) is 16.0. The number of rotatable bonds is 12. The molecule has 2 aliphatic rings. The van der Waals surface area contributed by atoms with Crippen molar-refractivity contribution in [1.82, 2.24) is 0 Å². The van der Waals surface area contributed by atoms with E-state index >= 15 is 0 Å². The SMILES string of the molecule is c1cc(NCCCC2CO2)ccc1Cc1ccc(NCCCC2CO2)cc1. The van der Waals surface area contributed by atoms with E-state index in [-0.39, 0.29) is 0 Å². The van der Waals surface area contributed by atoms with Crippen LogP contribution in [0.4, 0.5) is 11.4 Å². The number of nitrogens with one attached hydrogen (secondary N) is 2. The number of hydrogen-bond acceptors (Lipinski definition) is 4. The van der Waals surface area contributed by atoms with Crippen LogP contribution in [0.5, 0.6) is 0 Å². The molecule has 2 atom stereocenters. The van der Waals surface area contributed by atoms with Crippen LogP contribution < -0.4 is 10.6 Å². The summed E-state index contributed by atoms with van der Waals surface area (Å²) < 4.78 is 10.5. The van der Waals surface area contributed by atoms with Crippen molar-refractivity contribution < 1.29 is 9.47 Å². The van der Waals surface area contributed by atoms with Crippen LogP contribution in [0, 0.1) is 0 Å². The fourth-order valence-corrected chi connectivity index (χ4v) is 3.31. The van der Waals surface area contributed by atoms with Crippen LogP contribution in [0.25, 0.3) is 0 Å². The normalized spacial score (nSPS) is 20.3. The van der Waals surface area contributed by atoms with E-state index in [0.717, 1.165) is 32.7 Å². The Kier molecular flexibility index (Phi) is 6.28. The number of benzene rings is 2. The minimum atomic E-state index is 0.535. The Morgan fingerprint density at radius 2 is 1.07 bits per heavy atom. The number of hydrogen-bond donors (Lipinski definition) is 2. The van der Waals surface area contributed by atoms with E-state index in [9.17, 15) is 0 Å². The Balaban J connectivity index is 1.17. The highest BCUT2D eigenvalue weighted by molar-refractivity contribution is 5.47. The van der Waals surface area contributed by atoms with Gasteiger partial charge in [0.1, 0.15) is 0 Å². The Hall–Kier alpha value is -2.04. The van der Waals surface area contributed by atoms with E-state index in [2.05, 4.69) is 59.2 Å². The van der Waals surface area contributed by atoms with Crippen molar-refractivity contribution in [2.24, 2.45) is 0 Å². The zero-order valence-corrected chi connectivity index (χ0v) is 16.0. The minimum absolute atomic E-state index is 0.535. The van der Waals surface area contributed by atoms with E-state index in [1.807, 2.05) is 0 Å². The van der Waals surface area contributed by atoms with Gasteiger partial charge in [-0.15, -0.1) is 0 Å². The van der Waals surface area contributed by atoms with Crippen molar-refractivity contribution in [3.8, 4) is 0 Å². The van der Waals surface area contributed by atoms with Crippen molar-refractivity contribution in [2.45, 2.75) is 44.3 Å². The molecule has 0 aliphatic carbocycles. The standard InChI is InChI=1S/C23H30N2O2/c1(3-22-16-26-22)13-24-20-9-5-18(6-10-20)15-19-7-11-21(12-8-19)25-14-2-4-23-17-27-23/h5-12,22-25H,1-4,13-17H2. The molecule has 144 valence electrons. The molecule has 4 nitrogen and oxygen atoms in total. The first kappa shape index (κ1) is 18.3. The van der Waals surface area contributed by atoms with Crippen LogP contribution in [0.3, 0.4) is 0 Å². The third kappa shape index (κ3) is 6.56. The third-order valence-electron chi connectivity index (χ3n) is 5.18. The highest BCUT2D eigenvalue weighted by Crippen LogP contribution is 2.18. The molecule has 0 spiro atoms. The second-order valence-corrected chi connectivity index (χ2v) is 7.62. The van der Waals surface area contributed by atoms with Crippen LogP contribution in [-0.4, -0.2) is 38.5 Å². The Labute approximate surface area is 162 Å². The summed E-state index contributed by atoms with van der Waals surface area (Å²) in [6, 6.07) is 17.6. The van der Waals surface area contributed by atoms with Gasteiger partial charge in [-0.2, -0.15) is 0 Å². The maximum Gasteiger partial charge on any atom is 0.0810 e. The summed E-state index contributed by atoms with van der Waals surface area (Å²) in [7, 11) is 0. The van der Waals surface area contributed by atoms with Crippen molar-refractivity contribution in [1.29, 1.82) is 0 Å². The maximum atomic E-state index is 5.24. The van der Waals surface area contributed by atoms with Crippen LogP contribution in [0.15, 0.2) is 48.5 Å². The monoisotopic (exact) mass is 366 g/mol. The fourth-order valence-electron chi connectivity index (χ4n) is 3.31. The molecule has 2 aromatic rings. The van der Waals surface area contributed by atoms with Gasteiger partial charge in [-0.25, -0.2) is 0 Å². The highest BCUT2D eigenvalue weighted by atomic mass is 16.6. The summed E-state index contributed by atoms with van der Waals surface area (Å²) in [5, 5.41) is 6.98. The lowest BCUT2D eigenvalue weighted by molar-refractivity contribution is 0.393. The molecule has 2 unspecified atom stereocenters. The van der Waals surface area contributed by atoms with Gasteiger partial charge in [0, 0.05) is 24.5 Å². The zero-order chi connectivity index (χ0) is 18.3. The van der Waals surface area contributed by atoms with Crippen LogP contribution in [0.2, 0.25) is 0 Å². The van der Waals surface area contributed by atoms with E-state index in [1.54, 1.807) is 0 Å². The van der Waals surface area contributed by atoms with Gasteiger partial charge >= 0.3 is 0 Å². The fraction of sp³-hybridized carbons (Fsp3) is 0.478. The second kappa shape index (κ2) is 9.25. The number of epoxide rings is 2. The lowest BCUT2D eigenvalue weighted by atomic mass is 10.0. The molecule has 2 aromatic carbocycles. The largest absolute Gasteiger partial charge is 0.385 e. The maximum absolute atomic E-state index is 5.24. The van der Waals surface area contributed by atoms with Crippen molar-refractivity contribution >= 4 is 11.4 Å². The molecule has 27 heavy (non-hydrogen) atoms. The second-order valence-electron chi connectivity index (χ2n) is 7.62. The van der Waals surface area contributed by atoms with Crippen LogP contribution >= 0.6 is 0 Å². The first-order valence-electron chi connectivity index (χ1n) is 10.2. The van der Waals surface area contributed by atoms with Crippen LogP contribution in [-0.2, 0) is 15.9 Å². The summed E-state index contributed by atoms with van der Waals surface area (Å²) in [6.07, 6.45) is 6.72. The summed E-state index contributed by atoms with van der Waals surface area (Å²) in [5.74, 6) is 0. The third-order valence-corrected chi connectivity index (χ3v) is 5.18. The van der Waals surface area contributed by atoms with Crippen molar-refractivity contribution in [3.63, 3.8) is 0 Å². The summed E-state index contributed by atoms with van der Waals surface area (Å²) in [4.78, 5) is 0.